The van der Waals surface area contributed by atoms with E-state index in [2.05, 4.69) is 150 Å². The quantitative estimate of drug-likeness (QED) is 0.169. The van der Waals surface area contributed by atoms with Crippen molar-refractivity contribution in [3.8, 4) is 33.8 Å². The van der Waals surface area contributed by atoms with Crippen molar-refractivity contribution >= 4 is 27.8 Å². The zero-order valence-corrected chi connectivity index (χ0v) is 33.8. The van der Waals surface area contributed by atoms with E-state index in [1.54, 1.807) is 0 Å². The third kappa shape index (κ3) is 5.67. The molecular weight excluding hydrogens is 671 g/mol. The van der Waals surface area contributed by atoms with Gasteiger partial charge in [-0.2, -0.15) is 9.13 Å². The number of aryl methyl sites for hydroxylation is 7. The summed E-state index contributed by atoms with van der Waals surface area (Å²) in [7, 11) is 0. The van der Waals surface area contributed by atoms with Gasteiger partial charge in [0.15, 0.2) is 29.7 Å². The molecule has 0 radical (unpaired) electrons. The molecule has 2 unspecified atom stereocenters. The van der Waals surface area contributed by atoms with Crippen LogP contribution in [0.1, 0.15) is 107 Å². The maximum absolute atomic E-state index is 7.01. The molecule has 0 fully saturated rings. The maximum Gasteiger partial charge on any atom is 0.227 e. The van der Waals surface area contributed by atoms with Crippen LogP contribution in [0.4, 0.5) is 0 Å². The summed E-state index contributed by atoms with van der Waals surface area (Å²) in [6.07, 6.45) is 9.83. The summed E-state index contributed by atoms with van der Waals surface area (Å²) in [5, 5.41) is 2.16. The number of nitrogens with zero attached hydrogens (tertiary/aromatic N) is 3. The van der Waals surface area contributed by atoms with Crippen LogP contribution in [-0.4, -0.2) is 4.98 Å². The number of benzene rings is 3. The van der Waals surface area contributed by atoms with Crippen molar-refractivity contribution in [3.05, 3.63) is 142 Å². The van der Waals surface area contributed by atoms with Crippen molar-refractivity contribution < 1.29 is 13.6 Å². The SMILES string of the molecule is C=C1CC2c3cc(C)ccc3-c3cc(C)c(C)c[n+]3C2CCc2ccc3c(oc4nc(-c5c(C)cccc5C)ccc43)c2-c2cc(C)c(C(CC)CC)c[n+]21. The third-order valence-corrected chi connectivity index (χ3v) is 13.1. The lowest BCUT2D eigenvalue weighted by Gasteiger charge is -2.32. The molecule has 0 spiro atoms. The van der Waals surface area contributed by atoms with Crippen LogP contribution >= 0.6 is 0 Å². The van der Waals surface area contributed by atoms with Crippen LogP contribution in [-0.2, 0) is 6.42 Å². The number of rotatable bonds is 4. The van der Waals surface area contributed by atoms with Crippen LogP contribution in [0, 0.1) is 41.5 Å². The topological polar surface area (TPSA) is 33.8 Å². The largest absolute Gasteiger partial charge is 0.437 e. The molecule has 2 atom stereocenters. The molecule has 9 rings (SSSR count). The number of allylic oxidation sites excluding steroid dienone is 1. The van der Waals surface area contributed by atoms with Gasteiger partial charge in [0.1, 0.15) is 0 Å². The van der Waals surface area contributed by atoms with E-state index in [1.165, 1.54) is 72.5 Å². The molecule has 6 heterocycles. The summed E-state index contributed by atoms with van der Waals surface area (Å²) in [6, 6.07) is 27.6. The minimum Gasteiger partial charge on any atom is -0.437 e. The Morgan fingerprint density at radius 3 is 2.27 bits per heavy atom. The van der Waals surface area contributed by atoms with E-state index in [1.807, 2.05) is 0 Å². The van der Waals surface area contributed by atoms with Crippen molar-refractivity contribution in [2.75, 3.05) is 0 Å². The van der Waals surface area contributed by atoms with Gasteiger partial charge in [0.25, 0.3) is 0 Å². The van der Waals surface area contributed by atoms with Crippen molar-refractivity contribution in [2.24, 2.45) is 0 Å². The predicted molar refractivity (Wildman–Crippen MR) is 226 cm³/mol. The van der Waals surface area contributed by atoms with Gasteiger partial charge < -0.3 is 4.42 Å². The Balaban J connectivity index is 1.30. The highest BCUT2D eigenvalue weighted by Crippen LogP contribution is 2.47. The van der Waals surface area contributed by atoms with E-state index >= 15 is 0 Å². The zero-order valence-electron chi connectivity index (χ0n) is 33.8. The van der Waals surface area contributed by atoms with E-state index in [0.29, 0.717) is 11.6 Å². The van der Waals surface area contributed by atoms with Crippen molar-refractivity contribution in [2.45, 2.75) is 105 Å². The molecule has 276 valence electrons. The molecule has 2 aliphatic heterocycles. The minimum atomic E-state index is 0.271. The van der Waals surface area contributed by atoms with Crippen molar-refractivity contribution in [1.82, 2.24) is 4.98 Å². The zero-order chi connectivity index (χ0) is 38.3. The normalized spacial score (nSPS) is 16.5. The van der Waals surface area contributed by atoms with Crippen LogP contribution in [0.3, 0.4) is 0 Å². The standard InChI is InChI=1S/C51H53N3O/c1-10-36(11-2)43-28-53-35(9)26-42-41-23-29(3)15-18-38(41)46-24-32(6)34(8)27-54(46)45(42)22-17-37-16-19-39-40-20-21-44(48-30(4)13-12-14-31(48)5)52-51(40)55-50(39)49(37)47(53)25-33(43)7/h12-16,18-21,23-25,27-28,36,42,45H,9-11,17,22,26H2,1-8H3/q+2. The van der Waals surface area contributed by atoms with Crippen LogP contribution in [0.5, 0.6) is 0 Å². The Labute approximate surface area is 326 Å². The maximum atomic E-state index is 7.01. The summed E-state index contributed by atoms with van der Waals surface area (Å²) in [6.45, 7) is 22.9. The van der Waals surface area contributed by atoms with Crippen molar-refractivity contribution in [1.29, 1.82) is 0 Å². The van der Waals surface area contributed by atoms with Gasteiger partial charge in [-0.1, -0.05) is 61.9 Å². The molecule has 4 heteroatoms. The molecule has 0 saturated heterocycles. The molecule has 55 heavy (non-hydrogen) atoms. The molecule has 0 N–H and O–H groups in total. The molecule has 0 bridgehead atoms. The van der Waals surface area contributed by atoms with Gasteiger partial charge in [-0.3, -0.25) is 0 Å². The Morgan fingerprint density at radius 2 is 1.51 bits per heavy atom. The summed E-state index contributed by atoms with van der Waals surface area (Å²) < 4.78 is 12.1. The fourth-order valence-electron chi connectivity index (χ4n) is 10.0. The number of pyridine rings is 3. The second-order valence-corrected chi connectivity index (χ2v) is 16.6. The molecule has 0 amide bonds. The Bertz CT molecular complexity index is 2690. The average molecular weight is 724 g/mol. The fraction of sp³-hybridized carbons (Fsp3) is 0.314. The molecule has 0 saturated carbocycles. The van der Waals surface area contributed by atoms with E-state index in [4.69, 9.17) is 16.0 Å². The van der Waals surface area contributed by atoms with Gasteiger partial charge in [-0.05, 0) is 125 Å². The van der Waals surface area contributed by atoms with Crippen LogP contribution in [0.2, 0.25) is 0 Å². The molecule has 2 aliphatic rings. The first kappa shape index (κ1) is 35.4. The highest BCUT2D eigenvalue weighted by atomic mass is 16.3. The third-order valence-electron chi connectivity index (χ3n) is 13.1. The first-order valence-corrected chi connectivity index (χ1v) is 20.4. The van der Waals surface area contributed by atoms with Gasteiger partial charge >= 0.3 is 0 Å². The smallest absolute Gasteiger partial charge is 0.227 e. The number of aromatic nitrogens is 3. The second-order valence-electron chi connectivity index (χ2n) is 16.6. The van der Waals surface area contributed by atoms with E-state index < -0.39 is 0 Å². The van der Waals surface area contributed by atoms with Gasteiger partial charge in [-0.25, -0.2) is 4.98 Å². The molecule has 4 aromatic heterocycles. The minimum absolute atomic E-state index is 0.271. The summed E-state index contributed by atoms with van der Waals surface area (Å²) in [5.74, 6) is 0.763. The molecular formula is C51H53N3O+2. The number of furan rings is 1. The monoisotopic (exact) mass is 723 g/mol. The van der Waals surface area contributed by atoms with E-state index in [0.717, 1.165) is 65.5 Å². The summed E-state index contributed by atoms with van der Waals surface area (Å²) in [5.41, 5.74) is 21.7. The number of fused-ring (bicyclic) bond motifs is 13. The molecule has 3 aromatic carbocycles. The average Bonchev–Trinajstić information content (AvgIpc) is 3.53. The molecule has 0 aliphatic carbocycles. The lowest BCUT2D eigenvalue weighted by Crippen LogP contribution is -2.49. The number of hydrogen-bond donors (Lipinski definition) is 0. The van der Waals surface area contributed by atoms with E-state index in [-0.39, 0.29) is 12.0 Å². The summed E-state index contributed by atoms with van der Waals surface area (Å²) >= 11 is 0. The van der Waals surface area contributed by atoms with E-state index in [9.17, 15) is 0 Å². The van der Waals surface area contributed by atoms with Gasteiger partial charge in [0, 0.05) is 58.0 Å². The van der Waals surface area contributed by atoms with Gasteiger partial charge in [0.2, 0.25) is 17.1 Å². The highest BCUT2D eigenvalue weighted by Gasteiger charge is 2.43. The second kappa shape index (κ2) is 13.4. The summed E-state index contributed by atoms with van der Waals surface area (Å²) in [4.78, 5) is 5.21. The highest BCUT2D eigenvalue weighted by molar-refractivity contribution is 6.09. The predicted octanol–water partition coefficient (Wildman–Crippen LogP) is 12.5. The van der Waals surface area contributed by atoms with Crippen LogP contribution in [0.15, 0.2) is 96.2 Å². The first-order valence-electron chi connectivity index (χ1n) is 20.4. The Kier molecular flexibility index (Phi) is 8.64. The lowest BCUT2D eigenvalue weighted by molar-refractivity contribution is -0.719. The molecule has 4 nitrogen and oxygen atoms in total. The van der Waals surface area contributed by atoms with Crippen LogP contribution in [0.25, 0.3) is 61.5 Å². The lowest BCUT2D eigenvalue weighted by atomic mass is 9.76. The fourth-order valence-corrected chi connectivity index (χ4v) is 10.0. The van der Waals surface area contributed by atoms with Gasteiger partial charge in [-0.15, -0.1) is 0 Å². The molecule has 7 aromatic rings. The Hall–Kier alpha value is -5.35. The van der Waals surface area contributed by atoms with Crippen molar-refractivity contribution in [3.63, 3.8) is 0 Å². The first-order chi connectivity index (χ1) is 26.6. The Morgan fingerprint density at radius 1 is 0.764 bits per heavy atom. The van der Waals surface area contributed by atoms with Gasteiger partial charge in [0.05, 0.1) is 17.2 Å². The van der Waals surface area contributed by atoms with Crippen LogP contribution < -0.4 is 9.13 Å². The number of hydrogen-bond acceptors (Lipinski definition) is 2.